The van der Waals surface area contributed by atoms with E-state index in [9.17, 15) is 8.78 Å². The molecule has 0 fully saturated rings. The molecule has 0 saturated carbocycles. The summed E-state index contributed by atoms with van der Waals surface area (Å²) in [6.45, 7) is 2.19. The van der Waals surface area contributed by atoms with Gasteiger partial charge >= 0.3 is 0 Å². The fourth-order valence-corrected chi connectivity index (χ4v) is 2.21. The van der Waals surface area contributed by atoms with E-state index in [1.54, 1.807) is 0 Å². The van der Waals surface area contributed by atoms with Crippen molar-refractivity contribution in [1.82, 2.24) is 5.32 Å². The van der Waals surface area contributed by atoms with Crippen LogP contribution in [0.1, 0.15) is 57.1 Å². The molecule has 0 aliphatic heterocycles. The van der Waals surface area contributed by atoms with E-state index in [4.69, 9.17) is 0 Å². The van der Waals surface area contributed by atoms with Crippen LogP contribution >= 0.6 is 0 Å². The number of benzene rings is 1. The van der Waals surface area contributed by atoms with Gasteiger partial charge in [0.15, 0.2) is 0 Å². The average molecular weight is 255 g/mol. The smallest absolute Gasteiger partial charge is 0.126 e. The maximum Gasteiger partial charge on any atom is 0.126 e. The molecule has 3 heteroatoms. The first kappa shape index (κ1) is 15.1. The van der Waals surface area contributed by atoms with Gasteiger partial charge < -0.3 is 5.32 Å². The predicted molar refractivity (Wildman–Crippen MR) is 71.5 cm³/mol. The molecule has 0 saturated heterocycles. The van der Waals surface area contributed by atoms with Crippen LogP contribution < -0.4 is 5.32 Å². The van der Waals surface area contributed by atoms with E-state index in [0.29, 0.717) is 5.56 Å². The highest BCUT2D eigenvalue weighted by Gasteiger charge is 2.11. The highest BCUT2D eigenvalue weighted by atomic mass is 19.1. The Balaban J connectivity index is 2.49. The number of hydrogen-bond donors (Lipinski definition) is 1. The lowest BCUT2D eigenvalue weighted by Crippen LogP contribution is -2.16. The Bertz CT molecular complexity index is 332. The molecule has 0 heterocycles. The SMILES string of the molecule is CCCCCCCC(NC)c1cc(F)cc(F)c1. The second-order valence-corrected chi connectivity index (χ2v) is 4.75. The first-order valence-electron chi connectivity index (χ1n) is 6.80. The number of unbranched alkanes of at least 4 members (excludes halogenated alkanes) is 4. The van der Waals surface area contributed by atoms with Gasteiger partial charge in [-0.05, 0) is 31.2 Å². The Morgan fingerprint density at radius 3 is 2.17 bits per heavy atom. The van der Waals surface area contributed by atoms with Crippen molar-refractivity contribution in [1.29, 1.82) is 0 Å². The van der Waals surface area contributed by atoms with E-state index in [1.807, 2.05) is 7.05 Å². The van der Waals surface area contributed by atoms with Crippen molar-refractivity contribution in [3.8, 4) is 0 Å². The van der Waals surface area contributed by atoms with Crippen molar-refractivity contribution in [2.75, 3.05) is 7.05 Å². The molecule has 1 aromatic rings. The molecule has 0 spiro atoms. The fraction of sp³-hybridized carbons (Fsp3) is 0.600. The molecule has 0 aliphatic carbocycles. The standard InChI is InChI=1S/C15H23F2N/c1-3-4-5-6-7-8-15(18-2)12-9-13(16)11-14(17)10-12/h9-11,15,18H,3-8H2,1-2H3. The van der Waals surface area contributed by atoms with Crippen LogP contribution in [-0.4, -0.2) is 7.05 Å². The highest BCUT2D eigenvalue weighted by molar-refractivity contribution is 5.21. The molecule has 0 aliphatic rings. The van der Waals surface area contributed by atoms with Crippen LogP contribution in [0.15, 0.2) is 18.2 Å². The van der Waals surface area contributed by atoms with Gasteiger partial charge in [0.05, 0.1) is 0 Å². The number of nitrogens with one attached hydrogen (secondary N) is 1. The third-order valence-corrected chi connectivity index (χ3v) is 3.23. The zero-order valence-electron chi connectivity index (χ0n) is 11.3. The average Bonchev–Trinajstić information content (AvgIpc) is 2.32. The Morgan fingerprint density at radius 1 is 1.00 bits per heavy atom. The lowest BCUT2D eigenvalue weighted by Gasteiger charge is -2.16. The lowest BCUT2D eigenvalue weighted by molar-refractivity contribution is 0.492. The van der Waals surface area contributed by atoms with Crippen LogP contribution in [0, 0.1) is 11.6 Å². The molecule has 0 radical (unpaired) electrons. The quantitative estimate of drug-likeness (QED) is 0.670. The van der Waals surface area contributed by atoms with Gasteiger partial charge in [0.25, 0.3) is 0 Å². The zero-order valence-corrected chi connectivity index (χ0v) is 11.3. The summed E-state index contributed by atoms with van der Waals surface area (Å²) < 4.78 is 26.3. The minimum atomic E-state index is -0.503. The van der Waals surface area contributed by atoms with Crippen LogP contribution in [0.2, 0.25) is 0 Å². The molecular weight excluding hydrogens is 232 g/mol. The summed E-state index contributed by atoms with van der Waals surface area (Å²) in [6, 6.07) is 3.78. The Hall–Kier alpha value is -0.960. The summed E-state index contributed by atoms with van der Waals surface area (Å²) in [6.07, 6.45) is 6.92. The molecule has 1 unspecified atom stereocenters. The molecule has 1 aromatic carbocycles. The van der Waals surface area contributed by atoms with E-state index in [0.717, 1.165) is 18.9 Å². The van der Waals surface area contributed by atoms with Gasteiger partial charge in [0, 0.05) is 12.1 Å². The summed E-state index contributed by atoms with van der Waals surface area (Å²) >= 11 is 0. The van der Waals surface area contributed by atoms with E-state index in [-0.39, 0.29) is 6.04 Å². The molecule has 1 rings (SSSR count). The van der Waals surface area contributed by atoms with E-state index < -0.39 is 11.6 Å². The zero-order chi connectivity index (χ0) is 13.4. The van der Waals surface area contributed by atoms with Gasteiger partial charge in [0.2, 0.25) is 0 Å². The van der Waals surface area contributed by atoms with Crippen molar-refractivity contribution in [2.45, 2.75) is 51.5 Å². The van der Waals surface area contributed by atoms with Gasteiger partial charge in [-0.1, -0.05) is 39.0 Å². The molecule has 1 N–H and O–H groups in total. The summed E-state index contributed by atoms with van der Waals surface area (Å²) in [7, 11) is 1.83. The van der Waals surface area contributed by atoms with Crippen LogP contribution in [0.5, 0.6) is 0 Å². The highest BCUT2D eigenvalue weighted by Crippen LogP contribution is 2.21. The summed E-state index contributed by atoms with van der Waals surface area (Å²) in [5.74, 6) is -1.01. The van der Waals surface area contributed by atoms with Crippen LogP contribution in [-0.2, 0) is 0 Å². The first-order valence-corrected chi connectivity index (χ1v) is 6.80. The van der Waals surface area contributed by atoms with Gasteiger partial charge in [-0.15, -0.1) is 0 Å². The third-order valence-electron chi connectivity index (χ3n) is 3.23. The van der Waals surface area contributed by atoms with Gasteiger partial charge in [0.1, 0.15) is 11.6 Å². The van der Waals surface area contributed by atoms with E-state index in [2.05, 4.69) is 12.2 Å². The van der Waals surface area contributed by atoms with Crippen LogP contribution in [0.4, 0.5) is 8.78 Å². The van der Waals surface area contributed by atoms with Gasteiger partial charge in [-0.25, -0.2) is 8.78 Å². The fourth-order valence-electron chi connectivity index (χ4n) is 2.21. The largest absolute Gasteiger partial charge is 0.313 e. The molecule has 102 valence electrons. The van der Waals surface area contributed by atoms with Crippen molar-refractivity contribution in [3.63, 3.8) is 0 Å². The van der Waals surface area contributed by atoms with Crippen LogP contribution in [0.25, 0.3) is 0 Å². The van der Waals surface area contributed by atoms with E-state index >= 15 is 0 Å². The van der Waals surface area contributed by atoms with Crippen molar-refractivity contribution in [3.05, 3.63) is 35.4 Å². The maximum atomic E-state index is 13.1. The summed E-state index contributed by atoms with van der Waals surface area (Å²) in [4.78, 5) is 0. The minimum Gasteiger partial charge on any atom is -0.313 e. The Labute approximate surface area is 109 Å². The third kappa shape index (κ3) is 5.13. The molecule has 18 heavy (non-hydrogen) atoms. The van der Waals surface area contributed by atoms with Crippen LogP contribution in [0.3, 0.4) is 0 Å². The molecule has 0 aromatic heterocycles. The normalized spacial score (nSPS) is 12.7. The Morgan fingerprint density at radius 2 is 1.61 bits per heavy atom. The summed E-state index contributed by atoms with van der Waals surface area (Å²) in [5, 5.41) is 3.13. The number of halogens is 2. The maximum absolute atomic E-state index is 13.1. The summed E-state index contributed by atoms with van der Waals surface area (Å²) in [5.41, 5.74) is 0.700. The molecule has 1 atom stereocenters. The lowest BCUT2D eigenvalue weighted by atomic mass is 9.99. The van der Waals surface area contributed by atoms with Gasteiger partial charge in [-0.3, -0.25) is 0 Å². The molecular formula is C15H23F2N. The van der Waals surface area contributed by atoms with Crippen molar-refractivity contribution in [2.24, 2.45) is 0 Å². The molecule has 1 nitrogen and oxygen atoms in total. The van der Waals surface area contributed by atoms with E-state index in [1.165, 1.54) is 37.8 Å². The number of hydrogen-bond acceptors (Lipinski definition) is 1. The second kappa shape index (κ2) is 8.20. The molecule has 0 amide bonds. The Kier molecular flexibility index (Phi) is 6.88. The van der Waals surface area contributed by atoms with Crippen molar-refractivity contribution < 1.29 is 8.78 Å². The second-order valence-electron chi connectivity index (χ2n) is 4.75. The monoisotopic (exact) mass is 255 g/mol. The first-order chi connectivity index (χ1) is 8.67. The number of rotatable bonds is 8. The topological polar surface area (TPSA) is 12.0 Å². The molecule has 0 bridgehead atoms. The van der Waals surface area contributed by atoms with Crippen molar-refractivity contribution >= 4 is 0 Å². The minimum absolute atomic E-state index is 0.0387. The van der Waals surface area contributed by atoms with Gasteiger partial charge in [-0.2, -0.15) is 0 Å². The predicted octanol–water partition coefficient (Wildman–Crippen LogP) is 4.59.